The summed E-state index contributed by atoms with van der Waals surface area (Å²) in [5.74, 6) is -10.5. The Balaban J connectivity index is 1.32. The second kappa shape index (κ2) is 14.7. The maximum atomic E-state index is 12.8. The van der Waals surface area contributed by atoms with Gasteiger partial charge in [-0.1, -0.05) is 49.5 Å². The zero-order valence-electron chi connectivity index (χ0n) is 26.6. The molecule has 2 N–H and O–H groups in total. The van der Waals surface area contributed by atoms with Crippen LogP contribution in [0.4, 0.5) is 0 Å². The highest BCUT2D eigenvalue weighted by molar-refractivity contribution is 6.16. The summed E-state index contributed by atoms with van der Waals surface area (Å²) in [4.78, 5) is 74.7. The average molecular weight is 669 g/mol. The zero-order chi connectivity index (χ0) is 35.1. The minimum Gasteiger partial charge on any atom is -0.480 e. The van der Waals surface area contributed by atoms with Crippen molar-refractivity contribution in [3.05, 3.63) is 83.4 Å². The topological polar surface area (TPSA) is 198 Å². The summed E-state index contributed by atoms with van der Waals surface area (Å²) in [6.07, 6.45) is 12.7. The van der Waals surface area contributed by atoms with E-state index < -0.39 is 70.6 Å². The van der Waals surface area contributed by atoms with Crippen molar-refractivity contribution in [3.8, 4) is 0 Å². The lowest BCUT2D eigenvalue weighted by Gasteiger charge is -2.46. The molecule has 14 heteroatoms. The summed E-state index contributed by atoms with van der Waals surface area (Å²) >= 11 is 0. The van der Waals surface area contributed by atoms with Gasteiger partial charge in [-0.25, -0.2) is 24.0 Å². The molecule has 4 rings (SSSR count). The number of ether oxygens (including phenoxy) is 6. The summed E-state index contributed by atoms with van der Waals surface area (Å²) in [5, 5.41) is 20.1. The van der Waals surface area contributed by atoms with Gasteiger partial charge in [0.2, 0.25) is 0 Å². The number of Topliss-reactive ketones (excluding diaryl/α,β-unsaturated/α-hetero) is 1. The Hall–Kier alpha value is -5.24. The molecule has 4 aliphatic rings. The third-order valence-corrected chi connectivity index (χ3v) is 7.85. The number of esters is 5. The second-order valence-electron chi connectivity index (χ2n) is 11.4. The largest absolute Gasteiger partial charge is 0.480 e. The molecule has 3 fully saturated rings. The van der Waals surface area contributed by atoms with E-state index in [1.165, 1.54) is 43.4 Å². The number of carbonyl (C=O) groups is 6. The van der Waals surface area contributed by atoms with E-state index >= 15 is 0 Å². The Labute approximate surface area is 275 Å². The molecule has 2 saturated heterocycles. The van der Waals surface area contributed by atoms with Crippen molar-refractivity contribution in [2.75, 3.05) is 0 Å². The summed E-state index contributed by atoms with van der Waals surface area (Å²) in [7, 11) is 0. The van der Waals surface area contributed by atoms with Crippen molar-refractivity contribution in [2.45, 2.75) is 89.2 Å². The fourth-order valence-corrected chi connectivity index (χ4v) is 5.09. The zero-order valence-corrected chi connectivity index (χ0v) is 26.6. The smallest absolute Gasteiger partial charge is 0.348 e. The lowest BCUT2D eigenvalue weighted by atomic mass is 9.87. The van der Waals surface area contributed by atoms with E-state index in [1.807, 2.05) is 6.92 Å². The number of ketones is 1. The molecule has 0 radical (unpaired) electrons. The van der Waals surface area contributed by atoms with Crippen molar-refractivity contribution in [1.29, 1.82) is 0 Å². The average Bonchev–Trinajstić information content (AvgIpc) is 3.02. The van der Waals surface area contributed by atoms with Crippen molar-refractivity contribution in [3.63, 3.8) is 0 Å². The van der Waals surface area contributed by atoms with Crippen LogP contribution in [0.15, 0.2) is 83.4 Å². The monoisotopic (exact) mass is 668 g/mol. The fourth-order valence-electron chi connectivity index (χ4n) is 5.09. The van der Waals surface area contributed by atoms with Crippen LogP contribution in [-0.4, -0.2) is 69.3 Å². The van der Waals surface area contributed by atoms with Crippen molar-refractivity contribution in [2.24, 2.45) is 0 Å². The van der Waals surface area contributed by atoms with Crippen LogP contribution in [0.1, 0.15) is 65.7 Å². The number of cyclic esters (lactones) is 2. The molecule has 3 heterocycles. The van der Waals surface area contributed by atoms with Gasteiger partial charge in [-0.3, -0.25) is 4.79 Å². The van der Waals surface area contributed by atoms with Crippen LogP contribution in [0, 0.1) is 0 Å². The predicted molar refractivity (Wildman–Crippen MR) is 162 cm³/mol. The van der Waals surface area contributed by atoms with E-state index in [2.05, 4.69) is 0 Å². The van der Waals surface area contributed by atoms with Gasteiger partial charge < -0.3 is 38.6 Å². The summed E-state index contributed by atoms with van der Waals surface area (Å²) in [6, 6.07) is 0. The van der Waals surface area contributed by atoms with Crippen LogP contribution in [0.2, 0.25) is 0 Å². The molecule has 1 aliphatic carbocycles. The van der Waals surface area contributed by atoms with Gasteiger partial charge in [0.25, 0.3) is 23.3 Å². The number of aliphatic hydroxyl groups excluding tert-OH is 2. The number of hydrogen-bond donors (Lipinski definition) is 2. The Morgan fingerprint density at radius 2 is 1.21 bits per heavy atom. The SMILES string of the molecule is C/C=C/C=C/C=C1C(=O)OC2(CCC3(CC2)OC(=O)C(/C=C/C=C/C=C2C(=O)OC(C)(CCC(=O)C(O)CC)OC2=O)=C(O)O3)OC1=O. The first-order valence-corrected chi connectivity index (χ1v) is 15.3. The van der Waals surface area contributed by atoms with E-state index in [-0.39, 0.29) is 56.1 Å². The minimum absolute atomic E-state index is 0.0561. The number of rotatable bonds is 10. The van der Waals surface area contributed by atoms with Gasteiger partial charge in [-0.2, -0.15) is 0 Å². The fraction of sp³-hybridized carbons (Fsp3) is 0.412. The maximum absolute atomic E-state index is 12.8. The van der Waals surface area contributed by atoms with Crippen molar-refractivity contribution < 1.29 is 67.4 Å². The van der Waals surface area contributed by atoms with E-state index in [0.717, 1.165) is 6.08 Å². The first-order chi connectivity index (χ1) is 22.7. The first kappa shape index (κ1) is 35.6. The molecule has 1 unspecified atom stereocenters. The van der Waals surface area contributed by atoms with Crippen molar-refractivity contribution in [1.82, 2.24) is 0 Å². The van der Waals surface area contributed by atoms with E-state index in [1.54, 1.807) is 25.2 Å². The van der Waals surface area contributed by atoms with Gasteiger partial charge in [0.05, 0.1) is 0 Å². The van der Waals surface area contributed by atoms with Gasteiger partial charge >= 0.3 is 29.8 Å². The lowest BCUT2D eigenvalue weighted by molar-refractivity contribution is -0.297. The molecule has 256 valence electrons. The summed E-state index contributed by atoms with van der Waals surface area (Å²) in [5.41, 5.74) is -0.996. The third-order valence-electron chi connectivity index (χ3n) is 7.85. The molecule has 0 amide bonds. The van der Waals surface area contributed by atoms with Crippen LogP contribution in [0.25, 0.3) is 0 Å². The molecule has 14 nitrogen and oxygen atoms in total. The van der Waals surface area contributed by atoms with Gasteiger partial charge in [0.15, 0.2) is 5.78 Å². The normalized spacial score (nSPS) is 28.5. The van der Waals surface area contributed by atoms with Gasteiger partial charge in [-0.05, 0) is 31.6 Å². The van der Waals surface area contributed by atoms with Crippen LogP contribution < -0.4 is 0 Å². The Kier molecular flexibility index (Phi) is 10.9. The van der Waals surface area contributed by atoms with Crippen LogP contribution >= 0.6 is 0 Å². The first-order valence-electron chi connectivity index (χ1n) is 15.3. The third kappa shape index (κ3) is 8.18. The predicted octanol–water partition coefficient (Wildman–Crippen LogP) is 3.43. The van der Waals surface area contributed by atoms with E-state index in [0.29, 0.717) is 0 Å². The van der Waals surface area contributed by atoms with E-state index in [9.17, 15) is 39.0 Å². The van der Waals surface area contributed by atoms with Crippen LogP contribution in [0.5, 0.6) is 0 Å². The van der Waals surface area contributed by atoms with Gasteiger partial charge in [-0.15, -0.1) is 0 Å². The number of aliphatic hydroxyl groups is 2. The second-order valence-corrected chi connectivity index (χ2v) is 11.4. The standard InChI is InChI=1S/C34H36O14/c1-4-6-7-9-12-22-28(39)45-33(46-29(22)40)17-19-34(20-18-33)47-30(41)23(31(42)48-34)14-11-8-10-13-21-26(37)43-32(3,44-27(21)38)16-15-25(36)24(35)5-2/h4,6-14,24,35,41H,5,15-20H2,1-3H3/b6-4+,9-7+,10-8+,14-11+,21-13?,22-12?. The highest BCUT2D eigenvalue weighted by Gasteiger charge is 2.56. The Morgan fingerprint density at radius 3 is 1.71 bits per heavy atom. The summed E-state index contributed by atoms with van der Waals surface area (Å²) in [6.45, 7) is 4.79. The van der Waals surface area contributed by atoms with Crippen LogP contribution in [0.3, 0.4) is 0 Å². The molecule has 48 heavy (non-hydrogen) atoms. The summed E-state index contributed by atoms with van der Waals surface area (Å²) < 4.78 is 32.4. The molecule has 2 spiro atoms. The Bertz CT molecular complexity index is 1530. The van der Waals surface area contributed by atoms with Crippen LogP contribution in [-0.2, 0) is 57.2 Å². The maximum Gasteiger partial charge on any atom is 0.348 e. The lowest BCUT2D eigenvalue weighted by Crippen LogP contribution is -2.54. The molecule has 0 bridgehead atoms. The number of carbonyl (C=O) groups excluding carboxylic acids is 6. The quantitative estimate of drug-likeness (QED) is 0.113. The van der Waals surface area contributed by atoms with E-state index in [4.69, 9.17) is 28.4 Å². The Morgan fingerprint density at radius 1 is 0.729 bits per heavy atom. The van der Waals surface area contributed by atoms with Gasteiger partial charge in [0, 0.05) is 45.4 Å². The highest BCUT2D eigenvalue weighted by atomic mass is 16.8. The molecule has 1 atom stereocenters. The minimum atomic E-state index is -1.67. The molecular weight excluding hydrogens is 632 g/mol. The molecule has 0 aromatic carbocycles. The molecule has 0 aromatic rings. The number of hydrogen-bond acceptors (Lipinski definition) is 14. The highest BCUT2D eigenvalue weighted by Crippen LogP contribution is 2.45. The molecule has 0 aromatic heterocycles. The number of allylic oxidation sites excluding steroid dienone is 9. The molecular formula is C34H36O14. The van der Waals surface area contributed by atoms with Crippen molar-refractivity contribution >= 4 is 35.6 Å². The van der Waals surface area contributed by atoms with Gasteiger partial charge in [0.1, 0.15) is 22.8 Å². The molecule has 1 saturated carbocycles. The molecule has 3 aliphatic heterocycles.